The maximum absolute atomic E-state index is 12.9. The van der Waals surface area contributed by atoms with Gasteiger partial charge in [0.2, 0.25) is 0 Å². The number of carbonyl (C=O) groups excluding carboxylic acids is 1. The molecule has 0 fully saturated rings. The average molecular weight is 481 g/mol. The van der Waals surface area contributed by atoms with E-state index in [0.717, 1.165) is 65.4 Å². The van der Waals surface area contributed by atoms with Crippen LogP contribution in [0.15, 0.2) is 61.1 Å². The Labute approximate surface area is 209 Å². The van der Waals surface area contributed by atoms with E-state index in [-0.39, 0.29) is 5.91 Å². The Morgan fingerprint density at radius 1 is 1.14 bits per heavy atom. The van der Waals surface area contributed by atoms with Crippen LogP contribution in [-0.4, -0.2) is 46.2 Å². The Bertz CT molecular complexity index is 1420. The molecule has 2 aliphatic heterocycles. The molecule has 0 atom stereocenters. The van der Waals surface area contributed by atoms with Crippen LogP contribution >= 0.6 is 0 Å². The number of amides is 1. The molecule has 4 aromatic rings. The topological polar surface area (TPSA) is 95.2 Å². The maximum Gasteiger partial charge on any atom is 0.255 e. The summed E-state index contributed by atoms with van der Waals surface area (Å²) >= 11 is 0. The van der Waals surface area contributed by atoms with Crippen molar-refractivity contribution in [2.75, 3.05) is 30.8 Å². The monoisotopic (exact) mass is 480 g/mol. The van der Waals surface area contributed by atoms with Crippen LogP contribution in [0.5, 0.6) is 5.75 Å². The molecule has 182 valence electrons. The number of ether oxygens (including phenoxy) is 1. The van der Waals surface area contributed by atoms with Crippen LogP contribution < -0.4 is 15.4 Å². The number of carbonyl (C=O) groups is 1. The summed E-state index contributed by atoms with van der Waals surface area (Å²) in [5.41, 5.74) is 8.07. The highest BCUT2D eigenvalue weighted by molar-refractivity contribution is 6.04. The summed E-state index contributed by atoms with van der Waals surface area (Å²) in [6.07, 6.45) is 7.22. The van der Waals surface area contributed by atoms with E-state index in [1.54, 1.807) is 6.20 Å². The summed E-state index contributed by atoms with van der Waals surface area (Å²) in [4.78, 5) is 19.9. The minimum Gasteiger partial charge on any atom is -0.492 e. The molecule has 6 rings (SSSR count). The molecule has 0 bridgehead atoms. The standard InChI is InChI=1S/C28H28N6O2/c1-34-9-7-19-12-20(5-6-21(19)17-34)28(35)33-23-4-2-3-18(11-23)13-29-27-24-8-10-36-26(24)25(16-30-27)22-14-31-32-15-22/h2-6,11-12,14-16H,7-10,13,17H2,1H3,(H,29,30)(H,31,32)(H,33,35). The molecule has 0 aliphatic carbocycles. The van der Waals surface area contributed by atoms with Gasteiger partial charge < -0.3 is 20.3 Å². The predicted octanol–water partition coefficient (Wildman–Crippen LogP) is 4.26. The van der Waals surface area contributed by atoms with Crippen LogP contribution in [0.4, 0.5) is 11.5 Å². The molecule has 8 nitrogen and oxygen atoms in total. The van der Waals surface area contributed by atoms with E-state index in [1.807, 2.05) is 48.8 Å². The summed E-state index contributed by atoms with van der Waals surface area (Å²) in [5.74, 6) is 1.60. The number of fused-ring (bicyclic) bond motifs is 2. The second-order valence-corrected chi connectivity index (χ2v) is 9.39. The Balaban J connectivity index is 1.14. The Morgan fingerprint density at radius 3 is 2.97 bits per heavy atom. The zero-order valence-corrected chi connectivity index (χ0v) is 20.2. The highest BCUT2D eigenvalue weighted by Gasteiger charge is 2.23. The lowest BCUT2D eigenvalue weighted by Gasteiger charge is -2.25. The van der Waals surface area contributed by atoms with E-state index in [4.69, 9.17) is 4.74 Å². The molecule has 0 saturated carbocycles. The van der Waals surface area contributed by atoms with E-state index >= 15 is 0 Å². The third kappa shape index (κ3) is 4.43. The number of H-pyrrole nitrogens is 1. The van der Waals surface area contributed by atoms with Gasteiger partial charge in [0.15, 0.2) is 0 Å². The number of pyridine rings is 1. The number of aromatic amines is 1. The molecule has 0 saturated heterocycles. The van der Waals surface area contributed by atoms with E-state index in [1.165, 1.54) is 11.1 Å². The van der Waals surface area contributed by atoms with Gasteiger partial charge in [-0.05, 0) is 54.4 Å². The van der Waals surface area contributed by atoms with Gasteiger partial charge in [0, 0.05) is 66.4 Å². The second kappa shape index (κ2) is 9.47. The first kappa shape index (κ1) is 22.3. The van der Waals surface area contributed by atoms with Gasteiger partial charge in [-0.15, -0.1) is 0 Å². The first-order valence-electron chi connectivity index (χ1n) is 12.2. The number of benzene rings is 2. The number of hydrogen-bond donors (Lipinski definition) is 3. The van der Waals surface area contributed by atoms with E-state index in [9.17, 15) is 4.79 Å². The maximum atomic E-state index is 12.9. The molecule has 0 unspecified atom stereocenters. The molecule has 2 aliphatic rings. The van der Waals surface area contributed by atoms with Crippen LogP contribution in [0, 0.1) is 0 Å². The van der Waals surface area contributed by atoms with Gasteiger partial charge in [-0.3, -0.25) is 9.89 Å². The Kier molecular flexibility index (Phi) is 5.87. The van der Waals surface area contributed by atoms with E-state index < -0.39 is 0 Å². The van der Waals surface area contributed by atoms with Crippen LogP contribution in [0.1, 0.15) is 32.6 Å². The fourth-order valence-electron chi connectivity index (χ4n) is 4.93. The molecule has 8 heteroatoms. The predicted molar refractivity (Wildman–Crippen MR) is 139 cm³/mol. The minimum atomic E-state index is -0.0895. The number of hydrogen-bond acceptors (Lipinski definition) is 6. The first-order valence-corrected chi connectivity index (χ1v) is 12.2. The second-order valence-electron chi connectivity index (χ2n) is 9.39. The summed E-state index contributed by atoms with van der Waals surface area (Å²) in [7, 11) is 2.12. The van der Waals surface area contributed by atoms with Crippen molar-refractivity contribution in [1.82, 2.24) is 20.1 Å². The fraction of sp³-hybridized carbons (Fsp3) is 0.250. The molecular formula is C28H28N6O2. The number of aromatic nitrogens is 3. The van der Waals surface area contributed by atoms with Crippen molar-refractivity contribution in [2.45, 2.75) is 25.9 Å². The zero-order valence-electron chi connectivity index (χ0n) is 20.2. The van der Waals surface area contributed by atoms with Crippen LogP contribution in [0.3, 0.4) is 0 Å². The Hall–Kier alpha value is -4.17. The van der Waals surface area contributed by atoms with Gasteiger partial charge >= 0.3 is 0 Å². The fourth-order valence-corrected chi connectivity index (χ4v) is 4.93. The summed E-state index contributed by atoms with van der Waals surface area (Å²) < 4.78 is 5.92. The van der Waals surface area contributed by atoms with Crippen LogP contribution in [-0.2, 0) is 25.9 Å². The summed E-state index contributed by atoms with van der Waals surface area (Å²) in [5, 5.41) is 13.4. The summed E-state index contributed by atoms with van der Waals surface area (Å²) in [6, 6.07) is 13.9. The largest absolute Gasteiger partial charge is 0.492 e. The third-order valence-electron chi connectivity index (χ3n) is 6.85. The van der Waals surface area contributed by atoms with Crippen molar-refractivity contribution in [1.29, 1.82) is 0 Å². The number of anilines is 2. The third-order valence-corrected chi connectivity index (χ3v) is 6.85. The highest BCUT2D eigenvalue weighted by atomic mass is 16.5. The normalized spacial score (nSPS) is 14.6. The lowest BCUT2D eigenvalue weighted by Crippen LogP contribution is -2.26. The van der Waals surface area contributed by atoms with E-state index in [0.29, 0.717) is 18.7 Å². The zero-order chi connectivity index (χ0) is 24.5. The number of likely N-dealkylation sites (N-methyl/N-ethyl adjacent to an activating group) is 1. The quantitative estimate of drug-likeness (QED) is 0.382. The Morgan fingerprint density at radius 2 is 2.08 bits per heavy atom. The molecular weight excluding hydrogens is 452 g/mol. The van der Waals surface area contributed by atoms with Crippen molar-refractivity contribution in [3.63, 3.8) is 0 Å². The average Bonchev–Trinajstić information content (AvgIpc) is 3.60. The van der Waals surface area contributed by atoms with Gasteiger partial charge in [0.1, 0.15) is 11.6 Å². The van der Waals surface area contributed by atoms with Crippen LogP contribution in [0.2, 0.25) is 0 Å². The number of nitrogens with one attached hydrogen (secondary N) is 3. The molecule has 0 spiro atoms. The molecule has 3 N–H and O–H groups in total. The van der Waals surface area contributed by atoms with Gasteiger partial charge in [-0.1, -0.05) is 18.2 Å². The van der Waals surface area contributed by atoms with Crippen molar-refractivity contribution >= 4 is 17.4 Å². The molecule has 36 heavy (non-hydrogen) atoms. The molecule has 2 aromatic carbocycles. The first-order chi connectivity index (χ1) is 17.6. The highest BCUT2D eigenvalue weighted by Crippen LogP contribution is 2.39. The lowest BCUT2D eigenvalue weighted by atomic mass is 9.97. The van der Waals surface area contributed by atoms with Gasteiger partial charge in [0.05, 0.1) is 12.8 Å². The molecule has 1 amide bonds. The molecule has 0 radical (unpaired) electrons. The molecule has 4 heterocycles. The number of nitrogens with zero attached hydrogens (tertiary/aromatic N) is 3. The van der Waals surface area contributed by atoms with Crippen molar-refractivity contribution in [3.05, 3.63) is 88.9 Å². The van der Waals surface area contributed by atoms with Gasteiger partial charge in [0.25, 0.3) is 5.91 Å². The van der Waals surface area contributed by atoms with Crippen molar-refractivity contribution < 1.29 is 9.53 Å². The van der Waals surface area contributed by atoms with E-state index in [2.05, 4.69) is 43.8 Å². The lowest BCUT2D eigenvalue weighted by molar-refractivity contribution is 0.102. The van der Waals surface area contributed by atoms with Crippen molar-refractivity contribution in [3.8, 4) is 16.9 Å². The number of rotatable bonds is 6. The minimum absolute atomic E-state index is 0.0895. The van der Waals surface area contributed by atoms with Gasteiger partial charge in [-0.2, -0.15) is 5.10 Å². The van der Waals surface area contributed by atoms with Gasteiger partial charge in [-0.25, -0.2) is 4.98 Å². The van der Waals surface area contributed by atoms with Crippen molar-refractivity contribution in [2.24, 2.45) is 0 Å². The van der Waals surface area contributed by atoms with Crippen LogP contribution in [0.25, 0.3) is 11.1 Å². The molecule has 2 aromatic heterocycles. The SMILES string of the molecule is CN1CCc2cc(C(=O)Nc3cccc(CNc4ncc(-c5cn[nH]c5)c5c4CCO5)c3)ccc2C1. The smallest absolute Gasteiger partial charge is 0.255 e. The summed E-state index contributed by atoms with van der Waals surface area (Å²) in [6.45, 7) is 3.17.